The molecule has 0 fully saturated rings. The summed E-state index contributed by atoms with van der Waals surface area (Å²) in [4.78, 5) is 24.9. The summed E-state index contributed by atoms with van der Waals surface area (Å²) < 4.78 is 1.23. The molecule has 0 unspecified atom stereocenters. The molecule has 0 atom stereocenters. The molecule has 4 aromatic rings. The molecule has 1 N–H and O–H groups in total. The number of hydrogen-bond acceptors (Lipinski definition) is 3. The van der Waals surface area contributed by atoms with Crippen molar-refractivity contribution in [2.24, 2.45) is 0 Å². The molecule has 0 bridgehead atoms. The van der Waals surface area contributed by atoms with Gasteiger partial charge in [-0.1, -0.05) is 54.6 Å². The van der Waals surface area contributed by atoms with E-state index < -0.39 is 0 Å². The lowest BCUT2D eigenvalue weighted by molar-refractivity contribution is -0.122. The van der Waals surface area contributed by atoms with Crippen LogP contribution in [-0.2, 0) is 17.9 Å². The number of amides is 1. The first-order chi connectivity index (χ1) is 13.1. The number of nitrogens with zero attached hydrogens (tertiary/aromatic N) is 2. The molecule has 5 nitrogen and oxygen atoms in total. The Morgan fingerprint density at radius 3 is 2.48 bits per heavy atom. The SMILES string of the molecule is Cc1nn(CC(=O)NCc2ccc3ccccc3c2)c(=O)c2ccccc12. The number of rotatable bonds is 4. The normalized spacial score (nSPS) is 11.0. The van der Waals surface area contributed by atoms with Crippen molar-refractivity contribution in [1.29, 1.82) is 0 Å². The minimum atomic E-state index is -0.253. The number of fused-ring (bicyclic) bond motifs is 2. The van der Waals surface area contributed by atoms with Crippen LogP contribution in [-0.4, -0.2) is 15.7 Å². The predicted molar refractivity (Wildman–Crippen MR) is 107 cm³/mol. The van der Waals surface area contributed by atoms with E-state index >= 15 is 0 Å². The molecule has 27 heavy (non-hydrogen) atoms. The maximum Gasteiger partial charge on any atom is 0.275 e. The number of carbonyl (C=O) groups is 1. The molecule has 1 amide bonds. The summed E-state index contributed by atoms with van der Waals surface area (Å²) in [6.45, 7) is 2.15. The Kier molecular flexibility index (Phi) is 4.42. The summed E-state index contributed by atoms with van der Waals surface area (Å²) in [5.74, 6) is -0.243. The van der Waals surface area contributed by atoms with Gasteiger partial charge in [-0.3, -0.25) is 9.59 Å². The van der Waals surface area contributed by atoms with Gasteiger partial charge in [-0.05, 0) is 35.4 Å². The van der Waals surface area contributed by atoms with E-state index in [1.807, 2.05) is 55.5 Å². The standard InChI is InChI=1S/C22H19N3O2/c1-15-19-8-4-5-9-20(19)22(27)25(24-15)14-21(26)23-13-16-10-11-17-6-2-3-7-18(17)12-16/h2-12H,13-14H2,1H3,(H,23,26). The van der Waals surface area contributed by atoms with Gasteiger partial charge >= 0.3 is 0 Å². The molecule has 1 heterocycles. The highest BCUT2D eigenvalue weighted by atomic mass is 16.2. The zero-order valence-corrected chi connectivity index (χ0v) is 15.0. The maximum atomic E-state index is 12.6. The minimum absolute atomic E-state index is 0.0991. The van der Waals surface area contributed by atoms with E-state index in [4.69, 9.17) is 0 Å². The number of nitrogens with one attached hydrogen (secondary N) is 1. The molecule has 0 radical (unpaired) electrons. The van der Waals surface area contributed by atoms with Gasteiger partial charge in [0.25, 0.3) is 5.56 Å². The second kappa shape index (κ2) is 7.03. The van der Waals surface area contributed by atoms with Crippen LogP contribution in [0.15, 0.2) is 71.5 Å². The fourth-order valence-corrected chi connectivity index (χ4v) is 3.25. The molecule has 0 aliphatic heterocycles. The lowest BCUT2D eigenvalue weighted by Gasteiger charge is -2.10. The third kappa shape index (κ3) is 3.44. The summed E-state index contributed by atoms with van der Waals surface area (Å²) in [7, 11) is 0. The quantitative estimate of drug-likeness (QED) is 0.610. The highest BCUT2D eigenvalue weighted by Gasteiger charge is 2.10. The number of aryl methyl sites for hydroxylation is 1. The Labute approximate surface area is 156 Å². The van der Waals surface area contributed by atoms with Gasteiger partial charge in [0.2, 0.25) is 5.91 Å². The molecule has 5 heteroatoms. The molecule has 0 spiro atoms. The van der Waals surface area contributed by atoms with Gasteiger partial charge < -0.3 is 5.32 Å². The summed E-state index contributed by atoms with van der Waals surface area (Å²) >= 11 is 0. The Bertz CT molecular complexity index is 1210. The van der Waals surface area contributed by atoms with Crippen molar-refractivity contribution in [1.82, 2.24) is 15.1 Å². The Morgan fingerprint density at radius 2 is 1.67 bits per heavy atom. The van der Waals surface area contributed by atoms with Crippen molar-refractivity contribution in [3.8, 4) is 0 Å². The average Bonchev–Trinajstić information content (AvgIpc) is 2.70. The first-order valence-corrected chi connectivity index (χ1v) is 8.83. The van der Waals surface area contributed by atoms with E-state index in [1.165, 1.54) is 4.68 Å². The van der Waals surface area contributed by atoms with E-state index in [9.17, 15) is 9.59 Å². The zero-order chi connectivity index (χ0) is 18.8. The number of aromatic nitrogens is 2. The topological polar surface area (TPSA) is 64.0 Å². The molecular formula is C22H19N3O2. The molecular weight excluding hydrogens is 338 g/mol. The van der Waals surface area contributed by atoms with Gasteiger partial charge in [0.15, 0.2) is 0 Å². The van der Waals surface area contributed by atoms with Gasteiger partial charge in [0.1, 0.15) is 6.54 Å². The van der Waals surface area contributed by atoms with Gasteiger partial charge in [-0.15, -0.1) is 0 Å². The van der Waals surface area contributed by atoms with Gasteiger partial charge in [-0.2, -0.15) is 5.10 Å². The van der Waals surface area contributed by atoms with Crippen LogP contribution in [0.25, 0.3) is 21.5 Å². The van der Waals surface area contributed by atoms with Crippen molar-refractivity contribution in [3.05, 3.63) is 88.3 Å². The number of benzene rings is 3. The van der Waals surface area contributed by atoms with Crippen LogP contribution in [0.1, 0.15) is 11.3 Å². The average molecular weight is 357 g/mol. The second-order valence-electron chi connectivity index (χ2n) is 6.55. The lowest BCUT2D eigenvalue weighted by Crippen LogP contribution is -2.33. The van der Waals surface area contributed by atoms with Crippen LogP contribution >= 0.6 is 0 Å². The van der Waals surface area contributed by atoms with Crippen molar-refractivity contribution < 1.29 is 4.79 Å². The second-order valence-corrected chi connectivity index (χ2v) is 6.55. The third-order valence-electron chi connectivity index (χ3n) is 4.65. The predicted octanol–water partition coefficient (Wildman–Crippen LogP) is 3.17. The first kappa shape index (κ1) is 17.0. The van der Waals surface area contributed by atoms with E-state index in [0.29, 0.717) is 11.9 Å². The fourth-order valence-electron chi connectivity index (χ4n) is 3.25. The van der Waals surface area contributed by atoms with Crippen molar-refractivity contribution in [3.63, 3.8) is 0 Å². The zero-order valence-electron chi connectivity index (χ0n) is 15.0. The summed E-state index contributed by atoms with van der Waals surface area (Å²) in [5.41, 5.74) is 1.49. The number of hydrogen-bond donors (Lipinski definition) is 1. The van der Waals surface area contributed by atoms with E-state index in [-0.39, 0.29) is 18.0 Å². The summed E-state index contributed by atoms with van der Waals surface area (Å²) in [6, 6.07) is 21.5. The molecule has 0 saturated carbocycles. The largest absolute Gasteiger partial charge is 0.350 e. The molecule has 3 aromatic carbocycles. The Morgan fingerprint density at radius 1 is 0.963 bits per heavy atom. The van der Waals surface area contributed by atoms with E-state index in [0.717, 1.165) is 27.4 Å². The van der Waals surface area contributed by atoms with Crippen LogP contribution < -0.4 is 10.9 Å². The van der Waals surface area contributed by atoms with Crippen LogP contribution in [0, 0.1) is 6.92 Å². The highest BCUT2D eigenvalue weighted by molar-refractivity contribution is 5.84. The third-order valence-corrected chi connectivity index (χ3v) is 4.65. The van der Waals surface area contributed by atoms with Crippen LogP contribution in [0.2, 0.25) is 0 Å². The molecule has 1 aromatic heterocycles. The molecule has 0 aliphatic carbocycles. The van der Waals surface area contributed by atoms with Crippen molar-refractivity contribution in [2.45, 2.75) is 20.0 Å². The Balaban J connectivity index is 1.50. The van der Waals surface area contributed by atoms with Crippen LogP contribution in [0.3, 0.4) is 0 Å². The summed E-state index contributed by atoms with van der Waals surface area (Å²) in [5, 5.41) is 10.8. The lowest BCUT2D eigenvalue weighted by atomic mass is 10.1. The van der Waals surface area contributed by atoms with Crippen LogP contribution in [0.4, 0.5) is 0 Å². The van der Waals surface area contributed by atoms with E-state index in [1.54, 1.807) is 6.07 Å². The van der Waals surface area contributed by atoms with Gasteiger partial charge in [0, 0.05) is 11.9 Å². The fraction of sp³-hybridized carbons (Fsp3) is 0.136. The minimum Gasteiger partial charge on any atom is -0.350 e. The van der Waals surface area contributed by atoms with Gasteiger partial charge in [-0.25, -0.2) is 4.68 Å². The van der Waals surface area contributed by atoms with Crippen LogP contribution in [0.5, 0.6) is 0 Å². The molecule has 0 aliphatic rings. The monoisotopic (exact) mass is 357 g/mol. The first-order valence-electron chi connectivity index (χ1n) is 8.83. The van der Waals surface area contributed by atoms with Crippen molar-refractivity contribution >= 4 is 27.5 Å². The van der Waals surface area contributed by atoms with Gasteiger partial charge in [0.05, 0.1) is 11.1 Å². The molecule has 0 saturated heterocycles. The Hall–Kier alpha value is -3.47. The van der Waals surface area contributed by atoms with Crippen molar-refractivity contribution in [2.75, 3.05) is 0 Å². The molecule has 134 valence electrons. The molecule has 4 rings (SSSR count). The summed E-state index contributed by atoms with van der Waals surface area (Å²) in [6.07, 6.45) is 0. The highest BCUT2D eigenvalue weighted by Crippen LogP contribution is 2.15. The van der Waals surface area contributed by atoms with E-state index in [2.05, 4.69) is 22.5 Å². The maximum absolute atomic E-state index is 12.6. The number of carbonyl (C=O) groups excluding carboxylic acids is 1. The smallest absolute Gasteiger partial charge is 0.275 e.